The first kappa shape index (κ1) is 11.7. The van der Waals surface area contributed by atoms with Gasteiger partial charge >= 0.3 is 5.91 Å². The third-order valence-corrected chi connectivity index (χ3v) is 3.42. The van der Waals surface area contributed by atoms with Crippen LogP contribution in [0, 0.1) is 0 Å². The van der Waals surface area contributed by atoms with E-state index in [1.807, 2.05) is 24.3 Å². The van der Waals surface area contributed by atoms with Crippen molar-refractivity contribution in [3.8, 4) is 0 Å². The Balaban J connectivity index is 1.85. The molecule has 0 bridgehead atoms. The third-order valence-electron chi connectivity index (χ3n) is 3.42. The Morgan fingerprint density at radius 3 is 2.81 bits per heavy atom. The molecule has 0 spiro atoms. The predicted octanol–water partition coefficient (Wildman–Crippen LogP) is 3.05. The van der Waals surface area contributed by atoms with Gasteiger partial charge in [-0.3, -0.25) is 4.79 Å². The molecule has 0 saturated carbocycles. The Labute approximate surface area is 119 Å². The number of benzene rings is 2. The smallest absolute Gasteiger partial charge is 0.314 e. The van der Waals surface area contributed by atoms with Crippen molar-refractivity contribution in [2.45, 2.75) is 0 Å². The number of para-hydroxylation sites is 1. The van der Waals surface area contributed by atoms with E-state index in [9.17, 15) is 4.79 Å². The van der Waals surface area contributed by atoms with Gasteiger partial charge in [0.05, 0.1) is 11.7 Å². The van der Waals surface area contributed by atoms with Gasteiger partial charge in [-0.05, 0) is 30.3 Å². The third kappa shape index (κ3) is 1.79. The van der Waals surface area contributed by atoms with Crippen molar-refractivity contribution in [3.05, 3.63) is 60.5 Å². The molecule has 0 aliphatic heterocycles. The molecule has 0 aliphatic carbocycles. The summed E-state index contributed by atoms with van der Waals surface area (Å²) in [5, 5.41) is 5.84. The van der Waals surface area contributed by atoms with Crippen LogP contribution in [0.5, 0.6) is 0 Å². The largest absolute Gasteiger partial charge is 0.451 e. The summed E-state index contributed by atoms with van der Waals surface area (Å²) >= 11 is 0. The van der Waals surface area contributed by atoms with Crippen LogP contribution in [0.25, 0.3) is 21.9 Å². The standard InChI is InChI=1S/C16H11N3O2/c17-12-5-6-13-11(7-12)9-18-19(13)16(20)15-8-10-3-1-2-4-14(10)21-15/h1-9H,17H2. The summed E-state index contributed by atoms with van der Waals surface area (Å²) < 4.78 is 6.92. The monoisotopic (exact) mass is 277 g/mol. The summed E-state index contributed by atoms with van der Waals surface area (Å²) in [6.07, 6.45) is 1.62. The van der Waals surface area contributed by atoms with Gasteiger partial charge in [-0.15, -0.1) is 0 Å². The molecule has 2 aromatic carbocycles. The van der Waals surface area contributed by atoms with Crippen LogP contribution in [-0.2, 0) is 0 Å². The molecule has 2 N–H and O–H groups in total. The minimum absolute atomic E-state index is 0.262. The highest BCUT2D eigenvalue weighted by atomic mass is 16.3. The van der Waals surface area contributed by atoms with Gasteiger partial charge in [0.1, 0.15) is 5.58 Å². The van der Waals surface area contributed by atoms with E-state index in [2.05, 4.69) is 5.10 Å². The Hall–Kier alpha value is -3.08. The highest BCUT2D eigenvalue weighted by Crippen LogP contribution is 2.22. The lowest BCUT2D eigenvalue weighted by atomic mass is 10.2. The van der Waals surface area contributed by atoms with Crippen molar-refractivity contribution < 1.29 is 9.21 Å². The minimum Gasteiger partial charge on any atom is -0.451 e. The van der Waals surface area contributed by atoms with E-state index >= 15 is 0 Å². The topological polar surface area (TPSA) is 74.0 Å². The Kier molecular flexibility index (Phi) is 2.35. The average molecular weight is 277 g/mol. The average Bonchev–Trinajstić information content (AvgIpc) is 3.09. The maximum atomic E-state index is 12.6. The molecule has 2 heterocycles. The van der Waals surface area contributed by atoms with E-state index in [1.165, 1.54) is 4.68 Å². The van der Waals surface area contributed by atoms with Crippen molar-refractivity contribution in [3.63, 3.8) is 0 Å². The fraction of sp³-hybridized carbons (Fsp3) is 0. The van der Waals surface area contributed by atoms with Crippen molar-refractivity contribution in [2.24, 2.45) is 0 Å². The molecular formula is C16H11N3O2. The molecule has 0 atom stereocenters. The van der Waals surface area contributed by atoms with Crippen molar-refractivity contribution in [1.82, 2.24) is 9.78 Å². The Morgan fingerprint density at radius 1 is 1.10 bits per heavy atom. The molecule has 2 aromatic heterocycles. The second-order valence-electron chi connectivity index (χ2n) is 4.83. The lowest BCUT2D eigenvalue weighted by Gasteiger charge is -1.99. The van der Waals surface area contributed by atoms with E-state index in [-0.39, 0.29) is 11.7 Å². The maximum Gasteiger partial charge on any atom is 0.314 e. The molecule has 21 heavy (non-hydrogen) atoms. The molecule has 0 fully saturated rings. The molecule has 4 aromatic rings. The van der Waals surface area contributed by atoms with E-state index in [0.717, 1.165) is 10.8 Å². The first-order valence-electron chi connectivity index (χ1n) is 6.49. The summed E-state index contributed by atoms with van der Waals surface area (Å²) in [6, 6.07) is 14.5. The number of hydrogen-bond acceptors (Lipinski definition) is 4. The van der Waals surface area contributed by atoms with Gasteiger partial charge in [0.15, 0.2) is 5.76 Å². The van der Waals surface area contributed by atoms with E-state index < -0.39 is 0 Å². The number of anilines is 1. The number of rotatable bonds is 1. The molecule has 0 saturated heterocycles. The lowest BCUT2D eigenvalue weighted by molar-refractivity contribution is 0.0925. The van der Waals surface area contributed by atoms with E-state index in [4.69, 9.17) is 10.2 Å². The number of nitrogens with two attached hydrogens (primary N) is 1. The predicted molar refractivity (Wildman–Crippen MR) is 80.1 cm³/mol. The second kappa shape index (κ2) is 4.21. The summed E-state index contributed by atoms with van der Waals surface area (Å²) in [6.45, 7) is 0. The van der Waals surface area contributed by atoms with Crippen LogP contribution in [0.3, 0.4) is 0 Å². The summed E-state index contributed by atoms with van der Waals surface area (Å²) in [5.41, 5.74) is 7.75. The molecule has 102 valence electrons. The molecule has 5 nitrogen and oxygen atoms in total. The molecule has 0 aliphatic rings. The van der Waals surface area contributed by atoms with Crippen LogP contribution in [0.1, 0.15) is 10.6 Å². The zero-order chi connectivity index (χ0) is 14.4. The summed E-state index contributed by atoms with van der Waals surface area (Å²) in [5.74, 6) is -0.0380. The van der Waals surface area contributed by atoms with Crippen LogP contribution in [0.15, 0.2) is 59.1 Å². The van der Waals surface area contributed by atoms with Gasteiger partial charge in [0, 0.05) is 16.5 Å². The number of furan rings is 1. The zero-order valence-electron chi connectivity index (χ0n) is 11.0. The molecule has 4 rings (SSSR count). The van der Waals surface area contributed by atoms with Gasteiger partial charge in [-0.2, -0.15) is 9.78 Å². The maximum absolute atomic E-state index is 12.6. The summed E-state index contributed by atoms with van der Waals surface area (Å²) in [7, 11) is 0. The minimum atomic E-state index is -0.300. The van der Waals surface area contributed by atoms with Crippen molar-refractivity contribution in [1.29, 1.82) is 0 Å². The Bertz CT molecular complexity index is 948. The molecular weight excluding hydrogens is 266 g/mol. The fourth-order valence-corrected chi connectivity index (χ4v) is 2.40. The van der Waals surface area contributed by atoms with E-state index in [1.54, 1.807) is 30.5 Å². The van der Waals surface area contributed by atoms with Crippen molar-refractivity contribution in [2.75, 3.05) is 5.73 Å². The normalized spacial score (nSPS) is 11.2. The number of fused-ring (bicyclic) bond motifs is 2. The quantitative estimate of drug-likeness (QED) is 0.543. The van der Waals surface area contributed by atoms with Crippen LogP contribution < -0.4 is 5.73 Å². The van der Waals surface area contributed by atoms with Gasteiger partial charge in [-0.25, -0.2) is 0 Å². The van der Waals surface area contributed by atoms with E-state index in [0.29, 0.717) is 16.8 Å². The number of hydrogen-bond donors (Lipinski definition) is 1. The summed E-state index contributed by atoms with van der Waals surface area (Å²) in [4.78, 5) is 12.6. The van der Waals surface area contributed by atoms with Crippen LogP contribution >= 0.6 is 0 Å². The van der Waals surface area contributed by atoms with Crippen LogP contribution in [0.2, 0.25) is 0 Å². The van der Waals surface area contributed by atoms with Gasteiger partial charge < -0.3 is 10.2 Å². The molecule has 0 unspecified atom stereocenters. The molecule has 0 amide bonds. The Morgan fingerprint density at radius 2 is 1.95 bits per heavy atom. The van der Waals surface area contributed by atoms with Gasteiger partial charge in [0.2, 0.25) is 0 Å². The van der Waals surface area contributed by atoms with Gasteiger partial charge in [-0.1, -0.05) is 18.2 Å². The zero-order valence-corrected chi connectivity index (χ0v) is 11.0. The number of aromatic nitrogens is 2. The first-order chi connectivity index (χ1) is 10.2. The highest BCUT2D eigenvalue weighted by molar-refractivity contribution is 6.01. The van der Waals surface area contributed by atoms with Crippen LogP contribution in [-0.4, -0.2) is 15.7 Å². The lowest BCUT2D eigenvalue weighted by Crippen LogP contribution is -2.12. The number of nitrogen functional groups attached to an aromatic ring is 1. The van der Waals surface area contributed by atoms with Crippen LogP contribution in [0.4, 0.5) is 5.69 Å². The van der Waals surface area contributed by atoms with Crippen molar-refractivity contribution >= 4 is 33.5 Å². The first-order valence-corrected chi connectivity index (χ1v) is 6.49. The van der Waals surface area contributed by atoms with Gasteiger partial charge in [0.25, 0.3) is 0 Å². The SMILES string of the molecule is Nc1ccc2c(cnn2C(=O)c2cc3ccccc3o2)c1. The molecule has 5 heteroatoms. The number of carbonyl (C=O) groups is 1. The highest BCUT2D eigenvalue weighted by Gasteiger charge is 2.17. The second-order valence-corrected chi connectivity index (χ2v) is 4.83. The fourth-order valence-electron chi connectivity index (χ4n) is 2.40. The number of carbonyl (C=O) groups excluding carboxylic acids is 1. The number of nitrogens with zero attached hydrogens (tertiary/aromatic N) is 2. The molecule has 0 radical (unpaired) electrons.